The van der Waals surface area contributed by atoms with Crippen molar-refractivity contribution >= 4 is 39.4 Å². The third kappa shape index (κ3) is 3.33. The maximum atomic E-state index is 13.9. The highest BCUT2D eigenvalue weighted by Gasteiger charge is 2.15. The van der Waals surface area contributed by atoms with Gasteiger partial charge in [-0.2, -0.15) is 0 Å². The average molecular weight is 436 g/mol. The first-order valence-corrected chi connectivity index (χ1v) is 8.38. The van der Waals surface area contributed by atoms with Crippen molar-refractivity contribution in [3.8, 4) is 0 Å². The zero-order valence-electron chi connectivity index (χ0n) is 12.8. The van der Waals surface area contributed by atoms with Gasteiger partial charge in [0.05, 0.1) is 10.9 Å². The number of benzene rings is 2. The van der Waals surface area contributed by atoms with Crippen LogP contribution in [0, 0.1) is 16.3 Å². The lowest BCUT2D eigenvalue weighted by Gasteiger charge is -2.07. The fourth-order valence-electron chi connectivity index (χ4n) is 2.41. The van der Waals surface area contributed by atoms with Crippen LogP contribution in [0.2, 0.25) is 0 Å². The number of amides is 1. The van der Waals surface area contributed by atoms with E-state index in [1.54, 1.807) is 6.07 Å². The van der Waals surface area contributed by atoms with Crippen molar-refractivity contribution in [2.24, 2.45) is 0 Å². The van der Waals surface area contributed by atoms with Crippen LogP contribution in [-0.4, -0.2) is 10.9 Å². The van der Waals surface area contributed by atoms with E-state index in [1.807, 2.05) is 53.8 Å². The number of rotatable bonds is 3. The number of pyridine rings is 1. The summed E-state index contributed by atoms with van der Waals surface area (Å²) in [6, 6.07) is 10.6. The predicted molar refractivity (Wildman–Crippen MR) is 99.6 cm³/mol. The molecule has 0 aliphatic carbocycles. The van der Waals surface area contributed by atoms with Gasteiger partial charge in [-0.05, 0) is 47.2 Å². The first kappa shape index (κ1) is 16.6. The molecule has 0 aliphatic rings. The third-order valence-corrected chi connectivity index (χ3v) is 4.35. The van der Waals surface area contributed by atoms with E-state index in [-0.39, 0.29) is 16.5 Å². The molecule has 6 heteroatoms. The molecule has 0 bridgehead atoms. The SMILES string of the molecule is Cc1ccc(CNC(=O)c2c[nH]c3c(F)cc(I)cc3c2=O)cc1. The van der Waals surface area contributed by atoms with Crippen LogP contribution in [0.3, 0.4) is 0 Å². The largest absolute Gasteiger partial charge is 0.358 e. The first-order chi connectivity index (χ1) is 11.5. The van der Waals surface area contributed by atoms with Gasteiger partial charge in [0.25, 0.3) is 5.91 Å². The predicted octanol–water partition coefficient (Wildman–Crippen LogP) is 3.51. The smallest absolute Gasteiger partial charge is 0.257 e. The van der Waals surface area contributed by atoms with E-state index in [1.165, 1.54) is 12.3 Å². The van der Waals surface area contributed by atoms with Gasteiger partial charge in [-0.3, -0.25) is 9.59 Å². The Morgan fingerprint density at radius 1 is 1.25 bits per heavy atom. The Balaban J connectivity index is 1.88. The van der Waals surface area contributed by atoms with Gasteiger partial charge in [0.1, 0.15) is 11.4 Å². The summed E-state index contributed by atoms with van der Waals surface area (Å²) in [7, 11) is 0. The topological polar surface area (TPSA) is 62.0 Å². The van der Waals surface area contributed by atoms with Crippen molar-refractivity contribution in [1.29, 1.82) is 0 Å². The molecule has 1 heterocycles. The maximum absolute atomic E-state index is 13.9. The summed E-state index contributed by atoms with van der Waals surface area (Å²) in [5, 5.41) is 2.88. The quantitative estimate of drug-likeness (QED) is 0.618. The van der Waals surface area contributed by atoms with Crippen LogP contribution in [0.1, 0.15) is 21.5 Å². The average Bonchev–Trinajstić information content (AvgIpc) is 2.55. The molecule has 4 nitrogen and oxygen atoms in total. The molecule has 0 unspecified atom stereocenters. The number of aryl methyl sites for hydroxylation is 1. The van der Waals surface area contributed by atoms with Crippen molar-refractivity contribution in [1.82, 2.24) is 10.3 Å². The summed E-state index contributed by atoms with van der Waals surface area (Å²) < 4.78 is 14.5. The van der Waals surface area contributed by atoms with Gasteiger partial charge in [0.15, 0.2) is 0 Å². The highest BCUT2D eigenvalue weighted by atomic mass is 127. The summed E-state index contributed by atoms with van der Waals surface area (Å²) in [6.45, 7) is 2.30. The zero-order chi connectivity index (χ0) is 17.3. The number of aromatic nitrogens is 1. The van der Waals surface area contributed by atoms with Crippen LogP contribution in [0.5, 0.6) is 0 Å². The summed E-state index contributed by atoms with van der Waals surface area (Å²) in [5.74, 6) is -1.00. The van der Waals surface area contributed by atoms with E-state index in [2.05, 4.69) is 10.3 Å². The molecule has 0 radical (unpaired) electrons. The summed E-state index contributed by atoms with van der Waals surface area (Å²) in [5.41, 5.74) is 1.66. The molecule has 0 saturated heterocycles. The number of fused-ring (bicyclic) bond motifs is 1. The number of halogens is 2. The second kappa shape index (κ2) is 6.72. The molecule has 0 saturated carbocycles. The fourth-order valence-corrected chi connectivity index (χ4v) is 2.99. The number of carbonyl (C=O) groups is 1. The second-order valence-electron chi connectivity index (χ2n) is 5.51. The summed E-state index contributed by atoms with van der Waals surface area (Å²) in [4.78, 5) is 27.5. The summed E-state index contributed by atoms with van der Waals surface area (Å²) >= 11 is 1.93. The molecule has 0 atom stereocenters. The zero-order valence-corrected chi connectivity index (χ0v) is 15.0. The fraction of sp³-hybridized carbons (Fsp3) is 0.111. The summed E-state index contributed by atoms with van der Waals surface area (Å²) in [6.07, 6.45) is 1.26. The Morgan fingerprint density at radius 3 is 2.67 bits per heavy atom. The Labute approximate surface area is 151 Å². The minimum atomic E-state index is -0.513. The highest BCUT2D eigenvalue weighted by molar-refractivity contribution is 14.1. The molecule has 2 N–H and O–H groups in total. The van der Waals surface area contributed by atoms with Crippen LogP contribution >= 0.6 is 22.6 Å². The molecular weight excluding hydrogens is 422 g/mol. The highest BCUT2D eigenvalue weighted by Crippen LogP contribution is 2.17. The van der Waals surface area contributed by atoms with Crippen LogP contribution in [-0.2, 0) is 6.54 Å². The van der Waals surface area contributed by atoms with Gasteiger partial charge in [-0.1, -0.05) is 29.8 Å². The number of hydrogen-bond acceptors (Lipinski definition) is 2. The number of nitrogens with one attached hydrogen (secondary N) is 2. The van der Waals surface area contributed by atoms with Crippen molar-refractivity contribution in [3.63, 3.8) is 0 Å². The van der Waals surface area contributed by atoms with Crippen molar-refractivity contribution in [2.75, 3.05) is 0 Å². The Hall–Kier alpha value is -2.22. The lowest BCUT2D eigenvalue weighted by atomic mass is 10.1. The number of aromatic amines is 1. The Bertz CT molecular complexity index is 981. The van der Waals surface area contributed by atoms with Crippen molar-refractivity contribution < 1.29 is 9.18 Å². The van der Waals surface area contributed by atoms with Gasteiger partial charge in [-0.15, -0.1) is 0 Å². The number of H-pyrrole nitrogens is 1. The molecular formula is C18H14FIN2O2. The third-order valence-electron chi connectivity index (χ3n) is 3.72. The molecule has 1 amide bonds. The molecule has 0 fully saturated rings. The van der Waals surface area contributed by atoms with Gasteiger partial charge in [0.2, 0.25) is 5.43 Å². The number of hydrogen-bond donors (Lipinski definition) is 2. The maximum Gasteiger partial charge on any atom is 0.257 e. The minimum absolute atomic E-state index is 0.0315. The Kier molecular flexibility index (Phi) is 4.66. The van der Waals surface area contributed by atoms with Crippen molar-refractivity contribution in [3.05, 3.63) is 78.9 Å². The van der Waals surface area contributed by atoms with E-state index in [9.17, 15) is 14.0 Å². The van der Waals surface area contributed by atoms with E-state index in [0.717, 1.165) is 11.1 Å². The van der Waals surface area contributed by atoms with Crippen LogP contribution < -0.4 is 10.7 Å². The molecule has 0 aliphatic heterocycles. The molecule has 0 spiro atoms. The molecule has 3 rings (SSSR count). The standard InChI is InChI=1S/C18H14FIN2O2/c1-10-2-4-11(5-3-10)8-22-18(24)14-9-21-16-13(17(14)23)6-12(20)7-15(16)19/h2-7,9H,8H2,1H3,(H,21,23)(H,22,24). The molecule has 3 aromatic rings. The van der Waals surface area contributed by atoms with Gasteiger partial charge in [-0.25, -0.2) is 4.39 Å². The lowest BCUT2D eigenvalue weighted by molar-refractivity contribution is 0.0949. The van der Waals surface area contributed by atoms with Crippen LogP contribution in [0.15, 0.2) is 47.4 Å². The molecule has 1 aromatic heterocycles. The monoisotopic (exact) mass is 436 g/mol. The Morgan fingerprint density at radius 2 is 1.96 bits per heavy atom. The van der Waals surface area contributed by atoms with E-state index < -0.39 is 17.2 Å². The normalized spacial score (nSPS) is 10.8. The van der Waals surface area contributed by atoms with E-state index in [0.29, 0.717) is 10.1 Å². The van der Waals surface area contributed by atoms with E-state index in [4.69, 9.17) is 0 Å². The minimum Gasteiger partial charge on any atom is -0.358 e. The van der Waals surface area contributed by atoms with Gasteiger partial charge in [0, 0.05) is 16.3 Å². The second-order valence-corrected chi connectivity index (χ2v) is 6.76. The van der Waals surface area contributed by atoms with E-state index >= 15 is 0 Å². The molecule has 2 aromatic carbocycles. The first-order valence-electron chi connectivity index (χ1n) is 7.30. The van der Waals surface area contributed by atoms with Crippen LogP contribution in [0.25, 0.3) is 10.9 Å². The van der Waals surface area contributed by atoms with Gasteiger partial charge >= 0.3 is 0 Å². The van der Waals surface area contributed by atoms with Crippen LogP contribution in [0.4, 0.5) is 4.39 Å². The number of carbonyl (C=O) groups excluding carboxylic acids is 1. The van der Waals surface area contributed by atoms with Gasteiger partial charge < -0.3 is 10.3 Å². The lowest BCUT2D eigenvalue weighted by Crippen LogP contribution is -2.28. The molecule has 24 heavy (non-hydrogen) atoms. The van der Waals surface area contributed by atoms with Crippen molar-refractivity contribution in [2.45, 2.75) is 13.5 Å². The molecule has 122 valence electrons.